The Bertz CT molecular complexity index is 1170. The van der Waals surface area contributed by atoms with E-state index in [4.69, 9.17) is 11.6 Å². The maximum atomic E-state index is 13.0. The van der Waals surface area contributed by atoms with Gasteiger partial charge in [-0.2, -0.15) is 0 Å². The van der Waals surface area contributed by atoms with Crippen molar-refractivity contribution in [3.05, 3.63) is 93.5 Å². The Hall–Kier alpha value is -2.80. The Morgan fingerprint density at radius 2 is 1.87 bits per heavy atom. The number of carbonyl (C=O) groups excluding carboxylic acids is 2. The van der Waals surface area contributed by atoms with Crippen LogP contribution >= 0.6 is 24.2 Å². The maximum absolute atomic E-state index is 13.0. The van der Waals surface area contributed by atoms with Gasteiger partial charge in [0, 0.05) is 46.4 Å². The number of rotatable bonds is 6. The molecule has 0 spiro atoms. The Morgan fingerprint density at radius 1 is 1.10 bits per heavy atom. The van der Waals surface area contributed by atoms with Crippen LogP contribution in [0.15, 0.2) is 65.6 Å². The van der Waals surface area contributed by atoms with Gasteiger partial charge in [0.2, 0.25) is 0 Å². The van der Waals surface area contributed by atoms with Crippen LogP contribution in [0.25, 0.3) is 0 Å². The first-order valence-corrected chi connectivity index (χ1v) is 10.7. The summed E-state index contributed by atoms with van der Waals surface area (Å²) >= 11 is 10.4. The molecule has 0 aliphatic carbocycles. The van der Waals surface area contributed by atoms with Gasteiger partial charge in [0.25, 0.3) is 11.8 Å². The van der Waals surface area contributed by atoms with E-state index >= 15 is 0 Å². The van der Waals surface area contributed by atoms with Crippen LogP contribution in [0.4, 0.5) is 5.69 Å². The van der Waals surface area contributed by atoms with Crippen LogP contribution in [-0.2, 0) is 19.6 Å². The summed E-state index contributed by atoms with van der Waals surface area (Å²) in [5, 5.41) is 6.52. The number of halogens is 1. The number of thiol groups is 1. The predicted molar refractivity (Wildman–Crippen MR) is 126 cm³/mol. The zero-order valence-electron chi connectivity index (χ0n) is 17.0. The van der Waals surface area contributed by atoms with Crippen molar-refractivity contribution in [2.75, 3.05) is 12.4 Å². The monoisotopic (exact) mass is 451 g/mol. The minimum absolute atomic E-state index is 0.0391. The highest BCUT2D eigenvalue weighted by atomic mass is 35.5. The molecular formula is C24H22ClN3O2S. The number of hydrogen-bond acceptors (Lipinski definition) is 4. The second-order valence-electron chi connectivity index (χ2n) is 7.46. The lowest BCUT2D eigenvalue weighted by molar-refractivity contribution is 0.0766. The lowest BCUT2D eigenvalue weighted by atomic mass is 10.1. The van der Waals surface area contributed by atoms with Crippen molar-refractivity contribution >= 4 is 41.7 Å². The Labute approximate surface area is 191 Å². The third-order valence-electron chi connectivity index (χ3n) is 5.24. The minimum Gasteiger partial charge on any atom is -0.330 e. The lowest BCUT2D eigenvalue weighted by Gasteiger charge is -2.16. The fourth-order valence-electron chi connectivity index (χ4n) is 3.78. The highest BCUT2D eigenvalue weighted by Gasteiger charge is 2.30. The molecule has 0 fully saturated rings. The zero-order chi connectivity index (χ0) is 22.0. The molecule has 2 N–H and O–H groups in total. The molecule has 1 heterocycles. The van der Waals surface area contributed by atoms with Crippen LogP contribution in [0, 0.1) is 0 Å². The van der Waals surface area contributed by atoms with E-state index in [2.05, 4.69) is 35.4 Å². The number of nitrogens with one attached hydrogen (secondary N) is 2. The Morgan fingerprint density at radius 3 is 2.68 bits per heavy atom. The van der Waals surface area contributed by atoms with E-state index in [0.29, 0.717) is 39.8 Å². The quantitative estimate of drug-likeness (QED) is 0.474. The molecule has 7 heteroatoms. The fourth-order valence-corrected chi connectivity index (χ4v) is 4.19. The van der Waals surface area contributed by atoms with Crippen molar-refractivity contribution in [3.63, 3.8) is 0 Å². The molecule has 0 radical (unpaired) electrons. The van der Waals surface area contributed by atoms with E-state index in [1.807, 2.05) is 25.2 Å². The van der Waals surface area contributed by atoms with E-state index in [0.717, 1.165) is 17.7 Å². The molecular weight excluding hydrogens is 430 g/mol. The molecule has 3 aromatic carbocycles. The van der Waals surface area contributed by atoms with E-state index < -0.39 is 0 Å². The number of benzene rings is 3. The van der Waals surface area contributed by atoms with E-state index in [1.54, 1.807) is 35.2 Å². The van der Waals surface area contributed by atoms with Gasteiger partial charge in [-0.1, -0.05) is 41.9 Å². The predicted octanol–water partition coefficient (Wildman–Crippen LogP) is 4.76. The van der Waals surface area contributed by atoms with Crippen molar-refractivity contribution < 1.29 is 9.59 Å². The Balaban J connectivity index is 1.55. The summed E-state index contributed by atoms with van der Waals surface area (Å²) < 4.78 is 0. The van der Waals surface area contributed by atoms with Gasteiger partial charge in [0.1, 0.15) is 0 Å². The number of nitrogens with zero attached hydrogens (tertiary/aromatic N) is 1. The van der Waals surface area contributed by atoms with Gasteiger partial charge in [-0.15, -0.1) is 12.6 Å². The summed E-state index contributed by atoms with van der Waals surface area (Å²) in [6.07, 6.45) is 0. The van der Waals surface area contributed by atoms with Crippen LogP contribution in [0.2, 0.25) is 5.02 Å². The third kappa shape index (κ3) is 4.61. The molecule has 4 rings (SSSR count). The average molecular weight is 452 g/mol. The molecule has 1 aliphatic rings. The molecule has 2 amide bonds. The number of fused-ring (bicyclic) bond motifs is 1. The van der Waals surface area contributed by atoms with Crippen molar-refractivity contribution in [1.82, 2.24) is 10.2 Å². The second kappa shape index (κ2) is 9.14. The topological polar surface area (TPSA) is 61.4 Å². The van der Waals surface area contributed by atoms with Crippen LogP contribution in [-0.4, -0.2) is 23.8 Å². The van der Waals surface area contributed by atoms with Gasteiger partial charge in [-0.25, -0.2) is 0 Å². The average Bonchev–Trinajstić information content (AvgIpc) is 3.07. The summed E-state index contributed by atoms with van der Waals surface area (Å²) in [5.74, 6) is -0.352. The summed E-state index contributed by atoms with van der Waals surface area (Å²) in [7, 11) is 1.91. The van der Waals surface area contributed by atoms with Gasteiger partial charge in [0.05, 0.1) is 5.56 Å². The van der Waals surface area contributed by atoms with E-state index in [-0.39, 0.29) is 11.8 Å². The van der Waals surface area contributed by atoms with E-state index in [9.17, 15) is 9.59 Å². The van der Waals surface area contributed by atoms with Gasteiger partial charge >= 0.3 is 0 Å². The maximum Gasteiger partial charge on any atom is 0.256 e. The fraction of sp³-hybridized carbons (Fsp3) is 0.167. The second-order valence-corrected chi connectivity index (χ2v) is 8.38. The summed E-state index contributed by atoms with van der Waals surface area (Å²) in [5.41, 5.74) is 4.67. The first-order valence-electron chi connectivity index (χ1n) is 9.89. The van der Waals surface area contributed by atoms with Crippen molar-refractivity contribution in [2.24, 2.45) is 0 Å². The third-order valence-corrected chi connectivity index (χ3v) is 5.86. The SMILES string of the molecule is CNCc1cccc(CN2Cc3c(NC(=O)c4cc(Cl)ccc4S)cccc3C2=O)c1. The summed E-state index contributed by atoms with van der Waals surface area (Å²) in [6.45, 7) is 1.71. The zero-order valence-corrected chi connectivity index (χ0v) is 18.6. The number of anilines is 1. The molecule has 0 atom stereocenters. The molecule has 158 valence electrons. The summed E-state index contributed by atoms with van der Waals surface area (Å²) in [6, 6.07) is 18.5. The van der Waals surface area contributed by atoms with Crippen molar-refractivity contribution in [1.29, 1.82) is 0 Å². The van der Waals surface area contributed by atoms with Crippen LogP contribution < -0.4 is 10.6 Å². The number of amides is 2. The van der Waals surface area contributed by atoms with Crippen LogP contribution in [0.1, 0.15) is 37.4 Å². The molecule has 0 saturated carbocycles. The lowest BCUT2D eigenvalue weighted by Crippen LogP contribution is -2.23. The number of carbonyl (C=O) groups is 2. The van der Waals surface area contributed by atoms with Crippen LogP contribution in [0.3, 0.4) is 0 Å². The Kier molecular flexibility index (Phi) is 6.32. The minimum atomic E-state index is -0.313. The van der Waals surface area contributed by atoms with Gasteiger partial charge in [-0.3, -0.25) is 9.59 Å². The molecule has 0 unspecified atom stereocenters. The van der Waals surface area contributed by atoms with Crippen LogP contribution in [0.5, 0.6) is 0 Å². The number of hydrogen-bond donors (Lipinski definition) is 3. The van der Waals surface area contributed by atoms with Gasteiger partial charge < -0.3 is 15.5 Å². The molecule has 3 aromatic rings. The smallest absolute Gasteiger partial charge is 0.256 e. The molecule has 0 saturated heterocycles. The van der Waals surface area contributed by atoms with Gasteiger partial charge in [0.15, 0.2) is 0 Å². The van der Waals surface area contributed by atoms with Crippen molar-refractivity contribution in [2.45, 2.75) is 24.5 Å². The molecule has 1 aliphatic heterocycles. The largest absolute Gasteiger partial charge is 0.330 e. The normalized spacial score (nSPS) is 12.7. The molecule has 5 nitrogen and oxygen atoms in total. The standard InChI is InChI=1S/C24H22ClN3O2S/c1-26-12-15-4-2-5-16(10-15)13-28-14-20-18(24(28)30)6-3-7-21(20)27-23(29)19-11-17(25)8-9-22(19)31/h2-11,26,31H,12-14H2,1H3,(H,27,29). The first-order chi connectivity index (χ1) is 15.0. The molecule has 0 aromatic heterocycles. The molecule has 0 bridgehead atoms. The summed E-state index contributed by atoms with van der Waals surface area (Å²) in [4.78, 5) is 28.1. The van der Waals surface area contributed by atoms with E-state index in [1.165, 1.54) is 5.56 Å². The van der Waals surface area contributed by atoms with Crippen molar-refractivity contribution in [3.8, 4) is 0 Å². The first kappa shape index (κ1) is 21.4. The molecule has 31 heavy (non-hydrogen) atoms. The highest BCUT2D eigenvalue weighted by Crippen LogP contribution is 2.31. The highest BCUT2D eigenvalue weighted by molar-refractivity contribution is 7.80. The van der Waals surface area contributed by atoms with Gasteiger partial charge in [-0.05, 0) is 48.5 Å².